The van der Waals surface area contributed by atoms with Gasteiger partial charge in [0.15, 0.2) is 0 Å². The maximum atomic E-state index is 12.6. The average molecular weight is 432 g/mol. The summed E-state index contributed by atoms with van der Waals surface area (Å²) >= 11 is 1.23. The van der Waals surface area contributed by atoms with Gasteiger partial charge >= 0.3 is 0 Å². The standard InChI is InChI=1S/C20H21N3O4S2/c1-12-4-8-16(9-5-12)27-11-18-22-14(3)19(28-18)20(24)23-15-7-6-13(2)17(10-15)29(21,25)26/h4-10H,11H2,1-3H3,(H,23,24)(H2,21,25,26). The monoisotopic (exact) mass is 431 g/mol. The van der Waals surface area contributed by atoms with Crippen molar-refractivity contribution in [2.45, 2.75) is 32.3 Å². The van der Waals surface area contributed by atoms with Crippen molar-refractivity contribution in [3.63, 3.8) is 0 Å². The molecule has 0 atom stereocenters. The summed E-state index contributed by atoms with van der Waals surface area (Å²) in [4.78, 5) is 17.4. The number of aryl methyl sites for hydroxylation is 3. The number of amides is 1. The lowest BCUT2D eigenvalue weighted by Gasteiger charge is -2.08. The third-order valence-electron chi connectivity index (χ3n) is 4.18. The summed E-state index contributed by atoms with van der Waals surface area (Å²) in [5.74, 6) is 0.357. The van der Waals surface area contributed by atoms with E-state index in [0.717, 1.165) is 11.3 Å². The Labute approximate surface area is 173 Å². The van der Waals surface area contributed by atoms with E-state index in [1.807, 2.05) is 31.2 Å². The molecule has 29 heavy (non-hydrogen) atoms. The van der Waals surface area contributed by atoms with Crippen LogP contribution < -0.4 is 15.2 Å². The molecule has 2 aromatic carbocycles. The fraction of sp³-hybridized carbons (Fsp3) is 0.200. The fourth-order valence-electron chi connectivity index (χ4n) is 2.68. The van der Waals surface area contributed by atoms with Crippen molar-refractivity contribution in [3.05, 3.63) is 69.2 Å². The van der Waals surface area contributed by atoms with Crippen molar-refractivity contribution >= 4 is 33.0 Å². The zero-order chi connectivity index (χ0) is 21.2. The molecule has 0 radical (unpaired) electrons. The largest absolute Gasteiger partial charge is 0.486 e. The molecule has 0 unspecified atom stereocenters. The Morgan fingerprint density at radius 1 is 1.14 bits per heavy atom. The Balaban J connectivity index is 1.72. The molecule has 0 aliphatic rings. The smallest absolute Gasteiger partial charge is 0.267 e. The number of nitrogens with one attached hydrogen (secondary N) is 1. The Morgan fingerprint density at radius 2 is 1.83 bits per heavy atom. The van der Waals surface area contributed by atoms with Gasteiger partial charge in [-0.2, -0.15) is 0 Å². The zero-order valence-corrected chi connectivity index (χ0v) is 17.9. The lowest BCUT2D eigenvalue weighted by molar-refractivity contribution is 0.102. The number of anilines is 1. The minimum absolute atomic E-state index is 0.0245. The third-order valence-corrected chi connectivity index (χ3v) is 6.37. The van der Waals surface area contributed by atoms with Gasteiger partial charge in [-0.05, 0) is 50.6 Å². The second-order valence-corrected chi connectivity index (χ2v) is 9.22. The number of ether oxygens (including phenoxy) is 1. The lowest BCUT2D eigenvalue weighted by atomic mass is 10.2. The summed E-state index contributed by atoms with van der Waals surface area (Å²) in [6, 6.07) is 12.2. The summed E-state index contributed by atoms with van der Waals surface area (Å²) in [6.07, 6.45) is 0. The first-order chi connectivity index (χ1) is 13.6. The molecule has 9 heteroatoms. The molecular formula is C20H21N3O4S2. The molecular weight excluding hydrogens is 410 g/mol. The van der Waals surface area contributed by atoms with Crippen LogP contribution in [0, 0.1) is 20.8 Å². The fourth-order valence-corrected chi connectivity index (χ4v) is 4.36. The number of rotatable bonds is 6. The van der Waals surface area contributed by atoms with Gasteiger partial charge in [0.25, 0.3) is 5.91 Å². The van der Waals surface area contributed by atoms with E-state index < -0.39 is 10.0 Å². The first-order valence-corrected chi connectivity index (χ1v) is 11.1. The van der Waals surface area contributed by atoms with Crippen LogP contribution in [0.25, 0.3) is 0 Å². The number of benzene rings is 2. The quantitative estimate of drug-likeness (QED) is 0.620. The minimum Gasteiger partial charge on any atom is -0.486 e. The van der Waals surface area contributed by atoms with Crippen LogP contribution in [-0.2, 0) is 16.6 Å². The van der Waals surface area contributed by atoms with E-state index in [2.05, 4.69) is 10.3 Å². The first-order valence-electron chi connectivity index (χ1n) is 8.74. The van der Waals surface area contributed by atoms with E-state index in [-0.39, 0.29) is 17.4 Å². The second kappa shape index (κ2) is 8.32. The summed E-state index contributed by atoms with van der Waals surface area (Å²) in [5, 5.41) is 8.59. The molecule has 3 rings (SSSR count). The molecule has 3 aromatic rings. The normalized spacial score (nSPS) is 11.3. The van der Waals surface area contributed by atoms with Crippen LogP contribution in [0.1, 0.15) is 31.5 Å². The predicted octanol–water partition coefficient (Wildman–Crippen LogP) is 3.55. The highest BCUT2D eigenvalue weighted by molar-refractivity contribution is 7.89. The molecule has 3 N–H and O–H groups in total. The van der Waals surface area contributed by atoms with Crippen molar-refractivity contribution in [1.82, 2.24) is 4.98 Å². The van der Waals surface area contributed by atoms with Crippen molar-refractivity contribution < 1.29 is 17.9 Å². The van der Waals surface area contributed by atoms with Gasteiger partial charge in [-0.3, -0.25) is 4.79 Å². The van der Waals surface area contributed by atoms with Crippen LogP contribution in [0.15, 0.2) is 47.4 Å². The highest BCUT2D eigenvalue weighted by atomic mass is 32.2. The van der Waals surface area contributed by atoms with Crippen LogP contribution in [-0.4, -0.2) is 19.3 Å². The first kappa shape index (κ1) is 21.0. The van der Waals surface area contributed by atoms with Crippen LogP contribution in [0.2, 0.25) is 0 Å². The summed E-state index contributed by atoms with van der Waals surface area (Å²) < 4.78 is 29.1. The number of nitrogens with zero attached hydrogens (tertiary/aromatic N) is 1. The van der Waals surface area contributed by atoms with E-state index in [1.54, 1.807) is 26.0 Å². The third kappa shape index (κ3) is 5.20. The number of carbonyl (C=O) groups is 1. The summed E-state index contributed by atoms with van der Waals surface area (Å²) in [5.41, 5.74) is 2.57. The van der Waals surface area contributed by atoms with Crippen LogP contribution in [0.4, 0.5) is 5.69 Å². The molecule has 0 spiro atoms. The highest BCUT2D eigenvalue weighted by Gasteiger charge is 2.18. The summed E-state index contributed by atoms with van der Waals surface area (Å²) in [7, 11) is -3.87. The number of thiazole rings is 1. The maximum absolute atomic E-state index is 12.6. The van der Waals surface area contributed by atoms with Crippen LogP contribution in [0.5, 0.6) is 5.75 Å². The molecule has 0 bridgehead atoms. The summed E-state index contributed by atoms with van der Waals surface area (Å²) in [6.45, 7) is 5.63. The van der Waals surface area contributed by atoms with Crippen molar-refractivity contribution in [2.75, 3.05) is 5.32 Å². The number of aromatic nitrogens is 1. The number of hydrogen-bond acceptors (Lipinski definition) is 6. The number of sulfonamides is 1. The molecule has 0 aliphatic carbocycles. The van der Waals surface area contributed by atoms with Crippen molar-refractivity contribution in [1.29, 1.82) is 0 Å². The van der Waals surface area contributed by atoms with Crippen LogP contribution in [0.3, 0.4) is 0 Å². The maximum Gasteiger partial charge on any atom is 0.267 e. The molecule has 1 aromatic heterocycles. The van der Waals surface area contributed by atoms with Gasteiger partial charge in [-0.1, -0.05) is 23.8 Å². The molecule has 0 aliphatic heterocycles. The van der Waals surface area contributed by atoms with E-state index >= 15 is 0 Å². The molecule has 0 saturated carbocycles. The highest BCUT2D eigenvalue weighted by Crippen LogP contribution is 2.24. The predicted molar refractivity (Wildman–Crippen MR) is 113 cm³/mol. The number of nitrogens with two attached hydrogens (primary N) is 1. The van der Waals surface area contributed by atoms with Gasteiger partial charge in [-0.15, -0.1) is 11.3 Å². The molecule has 1 heterocycles. The molecule has 1 amide bonds. The van der Waals surface area contributed by atoms with Gasteiger partial charge in [0, 0.05) is 5.69 Å². The lowest BCUT2D eigenvalue weighted by Crippen LogP contribution is -2.16. The average Bonchev–Trinajstić information content (AvgIpc) is 3.03. The minimum atomic E-state index is -3.87. The van der Waals surface area contributed by atoms with Gasteiger partial charge in [0.1, 0.15) is 22.2 Å². The zero-order valence-electron chi connectivity index (χ0n) is 16.2. The number of carbonyl (C=O) groups excluding carboxylic acids is 1. The van der Waals surface area contributed by atoms with E-state index in [0.29, 0.717) is 26.8 Å². The van der Waals surface area contributed by atoms with Gasteiger partial charge in [-0.25, -0.2) is 18.5 Å². The molecule has 0 saturated heterocycles. The SMILES string of the molecule is Cc1ccc(OCc2nc(C)c(C(=O)Nc3ccc(C)c(S(N)(=O)=O)c3)s2)cc1. The van der Waals surface area contributed by atoms with Gasteiger partial charge in [0.2, 0.25) is 10.0 Å². The topological polar surface area (TPSA) is 111 Å². The van der Waals surface area contributed by atoms with Gasteiger partial charge < -0.3 is 10.1 Å². The van der Waals surface area contributed by atoms with Crippen molar-refractivity contribution in [2.24, 2.45) is 5.14 Å². The van der Waals surface area contributed by atoms with Crippen molar-refractivity contribution in [3.8, 4) is 5.75 Å². The Bertz CT molecular complexity index is 1150. The molecule has 7 nitrogen and oxygen atoms in total. The van der Waals surface area contributed by atoms with E-state index in [9.17, 15) is 13.2 Å². The second-order valence-electron chi connectivity index (χ2n) is 6.60. The number of primary sulfonamides is 1. The Kier molecular flexibility index (Phi) is 6.02. The Morgan fingerprint density at radius 3 is 2.48 bits per heavy atom. The molecule has 152 valence electrons. The Hall–Kier alpha value is -2.75. The molecule has 0 fully saturated rings. The van der Waals surface area contributed by atoms with Gasteiger partial charge in [0.05, 0.1) is 10.6 Å². The number of hydrogen-bond donors (Lipinski definition) is 2. The van der Waals surface area contributed by atoms with Crippen LogP contribution >= 0.6 is 11.3 Å². The van der Waals surface area contributed by atoms with E-state index in [1.165, 1.54) is 17.4 Å². The van der Waals surface area contributed by atoms with E-state index in [4.69, 9.17) is 9.88 Å².